The summed E-state index contributed by atoms with van der Waals surface area (Å²) in [5, 5.41) is 10.1. The third kappa shape index (κ3) is 3.05. The molecule has 1 aromatic heterocycles. The third-order valence-corrected chi connectivity index (χ3v) is 6.93. The Balaban J connectivity index is 1.22. The van der Waals surface area contributed by atoms with E-state index in [0.717, 1.165) is 23.5 Å². The minimum absolute atomic E-state index is 0.300. The first-order chi connectivity index (χ1) is 12.7. The van der Waals surface area contributed by atoms with E-state index in [1.165, 1.54) is 44.1 Å². The lowest BCUT2D eigenvalue weighted by atomic mass is 9.48. The van der Waals surface area contributed by atoms with Crippen LogP contribution in [0.1, 0.15) is 44.1 Å². The highest BCUT2D eigenvalue weighted by molar-refractivity contribution is 5.34. The molecule has 4 saturated carbocycles. The average molecular weight is 352 g/mol. The monoisotopic (exact) mass is 352 g/mol. The van der Waals surface area contributed by atoms with Crippen molar-refractivity contribution >= 4 is 0 Å². The predicted molar refractivity (Wildman–Crippen MR) is 100 cm³/mol. The first-order valence-corrected chi connectivity index (χ1v) is 10.1. The molecule has 4 bridgehead atoms. The Morgan fingerprint density at radius 2 is 1.73 bits per heavy atom. The van der Waals surface area contributed by atoms with E-state index in [1.807, 2.05) is 10.8 Å². The molecule has 26 heavy (non-hydrogen) atoms. The van der Waals surface area contributed by atoms with E-state index in [4.69, 9.17) is 4.74 Å². The van der Waals surface area contributed by atoms with Gasteiger partial charge in [-0.3, -0.25) is 0 Å². The Morgan fingerprint density at radius 3 is 2.31 bits per heavy atom. The Labute approximate surface area is 155 Å². The number of aliphatic hydroxyl groups is 1. The van der Waals surface area contributed by atoms with Crippen molar-refractivity contribution in [3.8, 4) is 5.75 Å². The first kappa shape index (κ1) is 16.4. The van der Waals surface area contributed by atoms with Gasteiger partial charge in [-0.05, 0) is 79.4 Å². The molecule has 1 N–H and O–H groups in total. The van der Waals surface area contributed by atoms with Crippen LogP contribution in [0, 0.1) is 17.8 Å². The van der Waals surface area contributed by atoms with E-state index < -0.39 is 6.10 Å². The molecule has 0 radical (unpaired) electrons. The zero-order valence-corrected chi connectivity index (χ0v) is 15.3. The average Bonchev–Trinajstić information content (AvgIpc) is 3.12. The van der Waals surface area contributed by atoms with E-state index in [0.29, 0.717) is 18.6 Å². The molecule has 0 aliphatic heterocycles. The molecule has 0 amide bonds. The van der Waals surface area contributed by atoms with Crippen molar-refractivity contribution in [2.75, 3.05) is 6.61 Å². The van der Waals surface area contributed by atoms with Crippen LogP contribution < -0.4 is 4.74 Å². The molecule has 2 aromatic rings. The van der Waals surface area contributed by atoms with E-state index in [-0.39, 0.29) is 0 Å². The van der Waals surface area contributed by atoms with Crippen LogP contribution in [0.4, 0.5) is 0 Å². The molecule has 4 aliphatic carbocycles. The molecular formula is C22H28N2O2. The summed E-state index contributed by atoms with van der Waals surface area (Å²) in [5.41, 5.74) is 1.96. The number of imidazole rings is 1. The molecule has 138 valence electrons. The number of hydrogen-bond acceptors (Lipinski definition) is 3. The number of aromatic nitrogens is 2. The van der Waals surface area contributed by atoms with Crippen molar-refractivity contribution in [2.45, 2.75) is 56.6 Å². The van der Waals surface area contributed by atoms with E-state index in [9.17, 15) is 5.11 Å². The first-order valence-electron chi connectivity index (χ1n) is 10.1. The second-order valence-electron chi connectivity index (χ2n) is 8.95. The Bertz CT molecular complexity index is 703. The summed E-state index contributed by atoms with van der Waals surface area (Å²) in [7, 11) is 0. The van der Waals surface area contributed by atoms with Gasteiger partial charge >= 0.3 is 0 Å². The quantitative estimate of drug-likeness (QED) is 0.860. The van der Waals surface area contributed by atoms with Crippen molar-refractivity contribution < 1.29 is 9.84 Å². The zero-order chi connectivity index (χ0) is 17.6. The summed E-state index contributed by atoms with van der Waals surface area (Å²) in [5.74, 6) is 3.75. The normalized spacial score (nSPS) is 33.3. The Kier molecular flexibility index (Phi) is 4.04. The van der Waals surface area contributed by atoms with Crippen molar-refractivity contribution in [3.05, 3.63) is 48.5 Å². The maximum absolute atomic E-state index is 10.1. The minimum atomic E-state index is -0.535. The summed E-state index contributed by atoms with van der Waals surface area (Å²) in [6.45, 7) is 0.806. The number of rotatable bonds is 6. The fourth-order valence-electron chi connectivity index (χ4n) is 6.25. The summed E-state index contributed by atoms with van der Waals surface area (Å²) in [4.78, 5) is 3.99. The summed E-state index contributed by atoms with van der Waals surface area (Å²) in [6, 6.07) is 8.76. The van der Waals surface area contributed by atoms with Gasteiger partial charge in [-0.25, -0.2) is 4.98 Å². The standard InChI is InChI=1S/C22H28N2O2/c25-20(13-24-6-5-23-15-24)14-26-21-3-1-19(2-4-21)22-10-16-7-17(11-22)9-18(8-16)12-22/h1-6,15-18,20,25H,7-14H2/t16?,17?,18?,20-,22?/m0/s1. The molecule has 4 nitrogen and oxygen atoms in total. The van der Waals surface area contributed by atoms with Crippen LogP contribution in [0.2, 0.25) is 0 Å². The lowest BCUT2D eigenvalue weighted by molar-refractivity contribution is -0.00522. The largest absolute Gasteiger partial charge is 0.491 e. The molecule has 0 spiro atoms. The third-order valence-electron chi connectivity index (χ3n) is 6.93. The highest BCUT2D eigenvalue weighted by Crippen LogP contribution is 2.60. The summed E-state index contributed by atoms with van der Waals surface area (Å²) in [6.07, 6.45) is 13.4. The number of benzene rings is 1. The molecule has 0 saturated heterocycles. The number of aliphatic hydroxyl groups excluding tert-OH is 1. The lowest BCUT2D eigenvalue weighted by Gasteiger charge is -2.57. The zero-order valence-electron chi connectivity index (χ0n) is 15.3. The summed E-state index contributed by atoms with van der Waals surface area (Å²) >= 11 is 0. The van der Waals surface area contributed by atoms with Gasteiger partial charge in [0.05, 0.1) is 12.9 Å². The number of ether oxygens (including phenoxy) is 1. The molecule has 4 heteroatoms. The maximum atomic E-state index is 10.1. The Hall–Kier alpha value is -1.81. The van der Waals surface area contributed by atoms with Gasteiger partial charge in [0.15, 0.2) is 0 Å². The molecule has 1 aromatic carbocycles. The van der Waals surface area contributed by atoms with Gasteiger partial charge in [0.2, 0.25) is 0 Å². The molecule has 4 aliphatic rings. The van der Waals surface area contributed by atoms with Crippen LogP contribution in [0.5, 0.6) is 5.75 Å². The number of nitrogens with zero attached hydrogens (tertiary/aromatic N) is 2. The van der Waals surface area contributed by atoms with Gasteiger partial charge < -0.3 is 14.4 Å². The van der Waals surface area contributed by atoms with Gasteiger partial charge in [0.25, 0.3) is 0 Å². The predicted octanol–water partition coefficient (Wildman–Crippen LogP) is 3.79. The van der Waals surface area contributed by atoms with Gasteiger partial charge in [-0.2, -0.15) is 0 Å². The smallest absolute Gasteiger partial charge is 0.119 e. The topological polar surface area (TPSA) is 47.3 Å². The molecule has 0 unspecified atom stereocenters. The van der Waals surface area contributed by atoms with Gasteiger partial charge in [0, 0.05) is 12.4 Å². The van der Waals surface area contributed by atoms with E-state index >= 15 is 0 Å². The van der Waals surface area contributed by atoms with Crippen molar-refractivity contribution in [1.29, 1.82) is 0 Å². The second kappa shape index (κ2) is 6.41. The van der Waals surface area contributed by atoms with E-state index in [2.05, 4.69) is 29.2 Å². The highest BCUT2D eigenvalue weighted by atomic mass is 16.5. The number of hydrogen-bond donors (Lipinski definition) is 1. The highest BCUT2D eigenvalue weighted by Gasteiger charge is 2.51. The van der Waals surface area contributed by atoms with Crippen LogP contribution in [-0.2, 0) is 12.0 Å². The lowest BCUT2D eigenvalue weighted by Crippen LogP contribution is -2.48. The molecule has 6 rings (SSSR count). The fraction of sp³-hybridized carbons (Fsp3) is 0.591. The molecule has 1 heterocycles. The molecule has 4 fully saturated rings. The summed E-state index contributed by atoms with van der Waals surface area (Å²) < 4.78 is 7.67. The maximum Gasteiger partial charge on any atom is 0.119 e. The minimum Gasteiger partial charge on any atom is -0.491 e. The van der Waals surface area contributed by atoms with Crippen molar-refractivity contribution in [1.82, 2.24) is 9.55 Å². The van der Waals surface area contributed by atoms with Crippen LogP contribution in [0.3, 0.4) is 0 Å². The SMILES string of the molecule is O[C@H](COc1ccc(C23CC4CC(CC(C4)C2)C3)cc1)Cn1ccnc1. The molecular weight excluding hydrogens is 324 g/mol. The van der Waals surface area contributed by atoms with Crippen LogP contribution in [-0.4, -0.2) is 27.4 Å². The van der Waals surface area contributed by atoms with Gasteiger partial charge in [-0.1, -0.05) is 12.1 Å². The molecule has 1 atom stereocenters. The van der Waals surface area contributed by atoms with Gasteiger partial charge in [-0.15, -0.1) is 0 Å². The van der Waals surface area contributed by atoms with Crippen LogP contribution >= 0.6 is 0 Å². The second-order valence-corrected chi connectivity index (χ2v) is 8.95. The van der Waals surface area contributed by atoms with Crippen LogP contribution in [0.15, 0.2) is 43.0 Å². The van der Waals surface area contributed by atoms with Gasteiger partial charge in [0.1, 0.15) is 18.5 Å². The van der Waals surface area contributed by atoms with Crippen molar-refractivity contribution in [3.63, 3.8) is 0 Å². The van der Waals surface area contributed by atoms with Crippen molar-refractivity contribution in [2.24, 2.45) is 17.8 Å². The van der Waals surface area contributed by atoms with E-state index in [1.54, 1.807) is 12.5 Å². The Morgan fingerprint density at radius 1 is 1.08 bits per heavy atom. The fourth-order valence-corrected chi connectivity index (χ4v) is 6.25. The van der Waals surface area contributed by atoms with Crippen LogP contribution in [0.25, 0.3) is 0 Å².